The highest BCUT2D eigenvalue weighted by Gasteiger charge is 2.31. The minimum Gasteiger partial charge on any atom is -0.348 e. The van der Waals surface area contributed by atoms with E-state index in [1.54, 1.807) is 0 Å². The van der Waals surface area contributed by atoms with Crippen molar-refractivity contribution in [1.29, 1.82) is 0 Å². The van der Waals surface area contributed by atoms with Gasteiger partial charge in [-0.1, -0.05) is 20.8 Å². The van der Waals surface area contributed by atoms with Gasteiger partial charge in [-0.15, -0.1) is 0 Å². The van der Waals surface area contributed by atoms with Crippen LogP contribution in [0, 0.1) is 5.92 Å². The number of amides is 1. The molecule has 1 heterocycles. The molecule has 1 aliphatic heterocycles. The van der Waals surface area contributed by atoms with Crippen molar-refractivity contribution in [3.05, 3.63) is 0 Å². The van der Waals surface area contributed by atoms with E-state index in [2.05, 4.69) is 30.7 Å². The van der Waals surface area contributed by atoms with Crippen LogP contribution < -0.4 is 0 Å². The van der Waals surface area contributed by atoms with E-state index in [1.165, 1.54) is 0 Å². The Balaban J connectivity index is 2.80. The van der Waals surface area contributed by atoms with Crippen LogP contribution in [0.15, 0.2) is 4.99 Å². The molecular weight excluding hydrogens is 164 g/mol. The smallest absolute Gasteiger partial charge is 0.269 e. The third-order valence-corrected chi connectivity index (χ3v) is 2.32. The van der Waals surface area contributed by atoms with Crippen molar-refractivity contribution in [2.75, 3.05) is 6.54 Å². The minimum atomic E-state index is -0.0441. The molecule has 13 heavy (non-hydrogen) atoms. The first-order chi connectivity index (χ1) is 6.07. The van der Waals surface area contributed by atoms with Crippen molar-refractivity contribution in [1.82, 2.24) is 4.90 Å². The Morgan fingerprint density at radius 2 is 2.15 bits per heavy atom. The number of carbonyl (C=O) groups is 1. The monoisotopic (exact) mass is 182 g/mol. The lowest BCUT2D eigenvalue weighted by atomic mass is 10.1. The van der Waals surface area contributed by atoms with Gasteiger partial charge in [0.05, 0.1) is 0 Å². The Kier molecular flexibility index (Phi) is 3.07. The Hall–Kier alpha value is -0.860. The molecule has 0 aromatic rings. The average molecular weight is 182 g/mol. The fraction of sp³-hybridized carbons (Fsp3) is 0.800. The summed E-state index contributed by atoms with van der Waals surface area (Å²) in [5.41, 5.74) is 0. The van der Waals surface area contributed by atoms with Gasteiger partial charge in [0, 0.05) is 12.5 Å². The zero-order valence-electron chi connectivity index (χ0n) is 8.87. The molecule has 0 spiro atoms. The van der Waals surface area contributed by atoms with E-state index >= 15 is 0 Å². The molecule has 0 saturated heterocycles. The number of hydrogen-bond acceptors (Lipinski definition) is 2. The molecule has 1 aliphatic rings. The molecule has 3 nitrogen and oxygen atoms in total. The molecule has 0 N–H and O–H groups in total. The van der Waals surface area contributed by atoms with Crippen molar-refractivity contribution in [3.63, 3.8) is 0 Å². The van der Waals surface area contributed by atoms with Gasteiger partial charge in [0.2, 0.25) is 0 Å². The summed E-state index contributed by atoms with van der Waals surface area (Å²) >= 11 is 0. The average Bonchev–Trinajstić information content (AvgIpc) is 2.33. The quantitative estimate of drug-likeness (QED) is 0.665. The lowest BCUT2D eigenvalue weighted by molar-refractivity contribution is -0.119. The standard InChI is InChI=1S/C10H18N2O/c1-5-6-12-8(4)10(13)11-9(12)7(2)3/h7-8H,5-6H2,1-4H3. The molecule has 0 radical (unpaired) electrons. The maximum absolute atomic E-state index is 11.3. The van der Waals surface area contributed by atoms with Crippen LogP contribution in [0.3, 0.4) is 0 Å². The van der Waals surface area contributed by atoms with Gasteiger partial charge in [0.15, 0.2) is 0 Å². The van der Waals surface area contributed by atoms with Gasteiger partial charge in [-0.25, -0.2) is 0 Å². The largest absolute Gasteiger partial charge is 0.348 e. The fourth-order valence-electron chi connectivity index (χ4n) is 1.61. The summed E-state index contributed by atoms with van der Waals surface area (Å²) < 4.78 is 0. The van der Waals surface area contributed by atoms with Gasteiger partial charge >= 0.3 is 0 Å². The number of nitrogens with zero attached hydrogens (tertiary/aromatic N) is 2. The topological polar surface area (TPSA) is 32.7 Å². The maximum atomic E-state index is 11.3. The van der Waals surface area contributed by atoms with E-state index in [1.807, 2.05) is 6.92 Å². The molecule has 0 aromatic heterocycles. The molecule has 1 unspecified atom stereocenters. The molecule has 1 rings (SSSR count). The van der Waals surface area contributed by atoms with Gasteiger partial charge in [-0.2, -0.15) is 4.99 Å². The van der Waals surface area contributed by atoms with Gasteiger partial charge in [-0.3, -0.25) is 4.79 Å². The van der Waals surface area contributed by atoms with Gasteiger partial charge in [-0.05, 0) is 13.3 Å². The Morgan fingerprint density at radius 3 is 2.62 bits per heavy atom. The number of aliphatic imine (C=N–C) groups is 1. The normalized spacial score (nSPS) is 22.8. The zero-order chi connectivity index (χ0) is 10.0. The van der Waals surface area contributed by atoms with Crippen LogP contribution in [-0.4, -0.2) is 29.2 Å². The van der Waals surface area contributed by atoms with E-state index in [0.717, 1.165) is 18.8 Å². The van der Waals surface area contributed by atoms with Crippen molar-refractivity contribution in [2.24, 2.45) is 10.9 Å². The molecule has 0 aromatic carbocycles. The van der Waals surface area contributed by atoms with Gasteiger partial charge in [0.1, 0.15) is 11.9 Å². The lowest BCUT2D eigenvalue weighted by Crippen LogP contribution is -2.38. The highest BCUT2D eigenvalue weighted by Crippen LogP contribution is 2.17. The SMILES string of the molecule is CCCN1C(C(C)C)=NC(=O)C1C. The first-order valence-electron chi connectivity index (χ1n) is 4.97. The van der Waals surface area contributed by atoms with Crippen molar-refractivity contribution >= 4 is 11.7 Å². The third kappa shape index (κ3) is 1.90. The molecule has 1 atom stereocenters. The first kappa shape index (κ1) is 10.2. The summed E-state index contributed by atoms with van der Waals surface area (Å²) in [7, 11) is 0. The first-order valence-corrected chi connectivity index (χ1v) is 4.97. The predicted octanol–water partition coefficient (Wildman–Crippen LogP) is 1.68. The highest BCUT2D eigenvalue weighted by molar-refractivity contribution is 6.04. The summed E-state index contributed by atoms with van der Waals surface area (Å²) in [6.07, 6.45) is 1.06. The van der Waals surface area contributed by atoms with Crippen LogP contribution in [0.4, 0.5) is 0 Å². The highest BCUT2D eigenvalue weighted by atomic mass is 16.2. The van der Waals surface area contributed by atoms with E-state index in [-0.39, 0.29) is 11.9 Å². The molecule has 3 heteroatoms. The number of carbonyl (C=O) groups excluding carboxylic acids is 1. The number of amidine groups is 1. The van der Waals surface area contributed by atoms with E-state index in [0.29, 0.717) is 5.92 Å². The Labute approximate surface area is 79.8 Å². The molecule has 0 aliphatic carbocycles. The van der Waals surface area contributed by atoms with Crippen molar-refractivity contribution < 1.29 is 4.79 Å². The predicted molar refractivity (Wildman–Crippen MR) is 53.7 cm³/mol. The van der Waals surface area contributed by atoms with Crippen molar-refractivity contribution in [3.8, 4) is 0 Å². The lowest BCUT2D eigenvalue weighted by Gasteiger charge is -2.25. The van der Waals surface area contributed by atoms with Crippen LogP contribution in [0.5, 0.6) is 0 Å². The summed E-state index contributed by atoms with van der Waals surface area (Å²) in [6.45, 7) is 9.13. The maximum Gasteiger partial charge on any atom is 0.269 e. The van der Waals surface area contributed by atoms with Crippen LogP contribution in [0.25, 0.3) is 0 Å². The second kappa shape index (κ2) is 3.90. The number of hydrogen-bond donors (Lipinski definition) is 0. The van der Waals surface area contributed by atoms with Gasteiger partial charge in [0.25, 0.3) is 5.91 Å². The van der Waals surface area contributed by atoms with Crippen LogP contribution >= 0.6 is 0 Å². The summed E-state index contributed by atoms with van der Waals surface area (Å²) in [5.74, 6) is 1.32. The number of rotatable bonds is 3. The molecule has 74 valence electrons. The molecular formula is C10H18N2O. The molecule has 0 saturated carbocycles. The van der Waals surface area contributed by atoms with E-state index in [4.69, 9.17) is 0 Å². The fourth-order valence-corrected chi connectivity index (χ4v) is 1.61. The second-order valence-electron chi connectivity index (χ2n) is 3.83. The van der Waals surface area contributed by atoms with Gasteiger partial charge < -0.3 is 4.90 Å². The van der Waals surface area contributed by atoms with Crippen LogP contribution in [-0.2, 0) is 4.79 Å². The Morgan fingerprint density at radius 1 is 1.54 bits per heavy atom. The minimum absolute atomic E-state index is 0.0113. The summed E-state index contributed by atoms with van der Waals surface area (Å²) in [5, 5.41) is 0. The molecule has 0 fully saturated rings. The molecule has 1 amide bonds. The second-order valence-corrected chi connectivity index (χ2v) is 3.83. The third-order valence-electron chi connectivity index (χ3n) is 2.32. The van der Waals surface area contributed by atoms with Crippen LogP contribution in [0.1, 0.15) is 34.1 Å². The molecule has 0 bridgehead atoms. The Bertz CT molecular complexity index is 233. The summed E-state index contributed by atoms with van der Waals surface area (Å²) in [6, 6.07) is -0.0441. The van der Waals surface area contributed by atoms with E-state index < -0.39 is 0 Å². The zero-order valence-corrected chi connectivity index (χ0v) is 8.87. The van der Waals surface area contributed by atoms with Crippen molar-refractivity contribution in [2.45, 2.75) is 40.2 Å². The van der Waals surface area contributed by atoms with E-state index in [9.17, 15) is 4.79 Å². The van der Waals surface area contributed by atoms with Crippen LogP contribution in [0.2, 0.25) is 0 Å². The summed E-state index contributed by atoms with van der Waals surface area (Å²) in [4.78, 5) is 17.5.